The summed E-state index contributed by atoms with van der Waals surface area (Å²) in [5.74, 6) is 0.696. The third-order valence-corrected chi connectivity index (χ3v) is 3.45. The van der Waals surface area contributed by atoms with Gasteiger partial charge in [0.2, 0.25) is 5.91 Å². The van der Waals surface area contributed by atoms with Gasteiger partial charge < -0.3 is 4.74 Å². The molecule has 1 saturated heterocycles. The molecule has 2 heterocycles. The van der Waals surface area contributed by atoms with Gasteiger partial charge in [0.15, 0.2) is 0 Å². The van der Waals surface area contributed by atoms with E-state index < -0.39 is 0 Å². The number of carbonyl (C=O) groups excluding carboxylic acids is 2. The fourth-order valence-electron chi connectivity index (χ4n) is 2.60. The van der Waals surface area contributed by atoms with Crippen molar-refractivity contribution in [2.75, 3.05) is 13.2 Å². The quantitative estimate of drug-likeness (QED) is 0.573. The van der Waals surface area contributed by atoms with E-state index in [9.17, 15) is 9.59 Å². The van der Waals surface area contributed by atoms with E-state index in [1.165, 1.54) is 6.08 Å². The van der Waals surface area contributed by atoms with Crippen LogP contribution in [0.3, 0.4) is 0 Å². The predicted molar refractivity (Wildman–Crippen MR) is 71.8 cm³/mol. The highest BCUT2D eigenvalue weighted by Crippen LogP contribution is 2.24. The number of hydrogen-bond donors (Lipinski definition) is 0. The minimum atomic E-state index is -0.322. The molecule has 5 nitrogen and oxygen atoms in total. The fraction of sp³-hybridized carbons (Fsp3) is 0.643. The molecule has 0 aromatic rings. The Hall–Kier alpha value is -1.65. The van der Waals surface area contributed by atoms with Gasteiger partial charge in [-0.05, 0) is 26.2 Å². The van der Waals surface area contributed by atoms with Gasteiger partial charge in [0, 0.05) is 18.5 Å². The molecule has 0 spiro atoms. The zero-order chi connectivity index (χ0) is 13.7. The van der Waals surface area contributed by atoms with Crippen LogP contribution < -0.4 is 0 Å². The summed E-state index contributed by atoms with van der Waals surface area (Å²) in [5, 5.41) is 0. The van der Waals surface area contributed by atoms with Crippen LogP contribution in [0.2, 0.25) is 0 Å². The number of ether oxygens (including phenoxy) is 1. The monoisotopic (exact) mass is 264 g/mol. The molecule has 5 heteroatoms. The van der Waals surface area contributed by atoms with Crippen molar-refractivity contribution in [3.05, 3.63) is 12.2 Å². The van der Waals surface area contributed by atoms with Gasteiger partial charge >= 0.3 is 5.97 Å². The van der Waals surface area contributed by atoms with Crippen LogP contribution in [0.1, 0.15) is 39.0 Å². The van der Waals surface area contributed by atoms with Crippen LogP contribution in [0.15, 0.2) is 17.1 Å². The first-order valence-electron chi connectivity index (χ1n) is 6.91. The highest BCUT2D eigenvalue weighted by molar-refractivity contribution is 6.04. The standard InChI is InChI=1S/C14H20N2O3/c1-2-19-14(18)9-5-7-11-6-3-4-8-12-15-10-13(17)16(11)12/h5,9,11H,2-4,6-8,10H2,1H3. The Balaban J connectivity index is 1.96. The molecule has 2 aliphatic heterocycles. The smallest absolute Gasteiger partial charge is 0.330 e. The number of fused-ring (bicyclic) bond motifs is 1. The van der Waals surface area contributed by atoms with E-state index in [0.717, 1.165) is 31.5 Å². The first-order valence-corrected chi connectivity index (χ1v) is 6.91. The van der Waals surface area contributed by atoms with Gasteiger partial charge in [-0.15, -0.1) is 0 Å². The van der Waals surface area contributed by atoms with Gasteiger partial charge in [0.05, 0.1) is 6.61 Å². The number of amides is 1. The predicted octanol–water partition coefficient (Wildman–Crippen LogP) is 1.68. The van der Waals surface area contributed by atoms with Crippen LogP contribution >= 0.6 is 0 Å². The molecule has 0 bridgehead atoms. The van der Waals surface area contributed by atoms with E-state index in [2.05, 4.69) is 4.99 Å². The minimum absolute atomic E-state index is 0.0893. The molecule has 0 aromatic heterocycles. The van der Waals surface area contributed by atoms with Crippen LogP contribution in [-0.2, 0) is 14.3 Å². The van der Waals surface area contributed by atoms with Crippen LogP contribution in [0.4, 0.5) is 0 Å². The van der Waals surface area contributed by atoms with Crippen molar-refractivity contribution in [3.8, 4) is 0 Å². The Morgan fingerprint density at radius 1 is 1.53 bits per heavy atom. The number of aliphatic imine (C=N–C) groups is 1. The molecule has 19 heavy (non-hydrogen) atoms. The maximum Gasteiger partial charge on any atom is 0.330 e. The Labute approximate surface area is 113 Å². The third-order valence-electron chi connectivity index (χ3n) is 3.45. The number of amidine groups is 1. The molecule has 0 aromatic carbocycles. The zero-order valence-corrected chi connectivity index (χ0v) is 11.3. The van der Waals surface area contributed by atoms with E-state index >= 15 is 0 Å². The summed E-state index contributed by atoms with van der Waals surface area (Å²) < 4.78 is 4.83. The summed E-state index contributed by atoms with van der Waals surface area (Å²) in [6.45, 7) is 2.45. The molecule has 2 aliphatic rings. The maximum absolute atomic E-state index is 11.9. The minimum Gasteiger partial charge on any atom is -0.463 e. The SMILES string of the molecule is CCOC(=O)C=CCC1CCCCC2=NCC(=O)N21. The van der Waals surface area contributed by atoms with Crippen molar-refractivity contribution < 1.29 is 14.3 Å². The molecular formula is C14H20N2O3. The molecule has 1 fully saturated rings. The van der Waals surface area contributed by atoms with Crippen LogP contribution in [0.25, 0.3) is 0 Å². The lowest BCUT2D eigenvalue weighted by molar-refractivity contribution is -0.137. The van der Waals surface area contributed by atoms with Gasteiger partial charge in [-0.1, -0.05) is 12.5 Å². The second-order valence-electron chi connectivity index (χ2n) is 4.79. The highest BCUT2D eigenvalue weighted by atomic mass is 16.5. The van der Waals surface area contributed by atoms with E-state index in [0.29, 0.717) is 13.0 Å². The van der Waals surface area contributed by atoms with Crippen molar-refractivity contribution in [1.82, 2.24) is 4.90 Å². The summed E-state index contributed by atoms with van der Waals surface area (Å²) >= 11 is 0. The van der Waals surface area contributed by atoms with Crippen molar-refractivity contribution in [2.45, 2.75) is 45.1 Å². The Kier molecular flexibility index (Phi) is 4.71. The van der Waals surface area contributed by atoms with E-state index in [4.69, 9.17) is 4.74 Å². The van der Waals surface area contributed by atoms with Crippen LogP contribution in [-0.4, -0.2) is 41.8 Å². The van der Waals surface area contributed by atoms with Gasteiger partial charge in [0.25, 0.3) is 0 Å². The number of carbonyl (C=O) groups is 2. The Bertz CT molecular complexity index is 415. The lowest BCUT2D eigenvalue weighted by Gasteiger charge is -2.25. The van der Waals surface area contributed by atoms with Gasteiger partial charge in [0.1, 0.15) is 12.4 Å². The molecule has 0 N–H and O–H groups in total. The summed E-state index contributed by atoms with van der Waals surface area (Å²) in [6, 6.07) is 0.141. The average molecular weight is 264 g/mol. The summed E-state index contributed by atoms with van der Waals surface area (Å²) in [4.78, 5) is 29.2. The molecule has 1 unspecified atom stereocenters. The number of esters is 1. The third kappa shape index (κ3) is 3.43. The highest BCUT2D eigenvalue weighted by Gasteiger charge is 2.32. The molecule has 1 amide bonds. The Morgan fingerprint density at radius 2 is 2.37 bits per heavy atom. The summed E-state index contributed by atoms with van der Waals surface area (Å²) in [7, 11) is 0. The van der Waals surface area contributed by atoms with Gasteiger partial charge in [-0.3, -0.25) is 14.7 Å². The van der Waals surface area contributed by atoms with Crippen molar-refractivity contribution in [1.29, 1.82) is 0 Å². The summed E-state index contributed by atoms with van der Waals surface area (Å²) in [5.41, 5.74) is 0. The molecule has 1 atom stereocenters. The second kappa shape index (κ2) is 6.50. The normalized spacial score (nSPS) is 23.2. The topological polar surface area (TPSA) is 59.0 Å². The van der Waals surface area contributed by atoms with Crippen LogP contribution in [0, 0.1) is 0 Å². The molecule has 0 saturated carbocycles. The fourth-order valence-corrected chi connectivity index (χ4v) is 2.60. The van der Waals surface area contributed by atoms with Gasteiger partial charge in [-0.25, -0.2) is 4.79 Å². The number of nitrogens with zero attached hydrogens (tertiary/aromatic N) is 2. The first-order chi connectivity index (χ1) is 9.22. The molecule has 0 radical (unpaired) electrons. The van der Waals surface area contributed by atoms with Gasteiger partial charge in [-0.2, -0.15) is 0 Å². The molecule has 2 rings (SSSR count). The largest absolute Gasteiger partial charge is 0.463 e. The Morgan fingerprint density at radius 3 is 3.16 bits per heavy atom. The van der Waals surface area contributed by atoms with E-state index in [1.54, 1.807) is 13.0 Å². The van der Waals surface area contributed by atoms with Crippen molar-refractivity contribution in [2.24, 2.45) is 4.99 Å². The average Bonchev–Trinajstić information content (AvgIpc) is 2.62. The van der Waals surface area contributed by atoms with E-state index in [-0.39, 0.29) is 24.5 Å². The van der Waals surface area contributed by atoms with Crippen LogP contribution in [0.5, 0.6) is 0 Å². The van der Waals surface area contributed by atoms with Crippen molar-refractivity contribution >= 4 is 17.7 Å². The molecule has 104 valence electrons. The molecule has 0 aliphatic carbocycles. The molecular weight excluding hydrogens is 244 g/mol. The lowest BCUT2D eigenvalue weighted by Crippen LogP contribution is -2.40. The first kappa shape index (κ1) is 13.8. The lowest BCUT2D eigenvalue weighted by atomic mass is 10.1. The summed E-state index contributed by atoms with van der Waals surface area (Å²) in [6.07, 6.45) is 7.98. The van der Waals surface area contributed by atoms with Crippen molar-refractivity contribution in [3.63, 3.8) is 0 Å². The number of hydrogen-bond acceptors (Lipinski definition) is 4. The maximum atomic E-state index is 11.9. The van der Waals surface area contributed by atoms with E-state index in [1.807, 2.05) is 4.90 Å². The zero-order valence-electron chi connectivity index (χ0n) is 11.3. The second-order valence-corrected chi connectivity index (χ2v) is 4.79. The number of rotatable bonds is 4.